The predicted molar refractivity (Wildman–Crippen MR) is 71.8 cm³/mol. The number of rotatable bonds is 3. The van der Waals surface area contributed by atoms with E-state index in [1.807, 2.05) is 18.3 Å². The summed E-state index contributed by atoms with van der Waals surface area (Å²) in [5.74, 6) is 2.94. The van der Waals surface area contributed by atoms with E-state index in [-0.39, 0.29) is 0 Å². The van der Waals surface area contributed by atoms with Crippen LogP contribution in [0.4, 0.5) is 5.82 Å². The molecule has 0 saturated heterocycles. The van der Waals surface area contributed by atoms with E-state index < -0.39 is 0 Å². The molecule has 0 spiro atoms. The summed E-state index contributed by atoms with van der Waals surface area (Å²) in [6, 6.07) is 6.05. The molecule has 1 aliphatic rings. The molecular formula is C13H14N6. The van der Waals surface area contributed by atoms with E-state index in [2.05, 4.69) is 36.1 Å². The molecule has 6 nitrogen and oxygen atoms in total. The first-order valence-electron chi connectivity index (χ1n) is 6.49. The monoisotopic (exact) mass is 254 g/mol. The maximum Gasteiger partial charge on any atom is 0.152 e. The van der Waals surface area contributed by atoms with Gasteiger partial charge in [0.15, 0.2) is 5.82 Å². The number of nitrogens with zero attached hydrogens (tertiary/aromatic N) is 4. The van der Waals surface area contributed by atoms with Crippen molar-refractivity contribution in [1.29, 1.82) is 0 Å². The van der Waals surface area contributed by atoms with E-state index in [0.717, 1.165) is 41.5 Å². The number of aryl methyl sites for hydroxylation is 1. The maximum atomic E-state index is 4.50. The van der Waals surface area contributed by atoms with Gasteiger partial charge in [-0.3, -0.25) is 0 Å². The van der Waals surface area contributed by atoms with E-state index in [9.17, 15) is 0 Å². The molecule has 3 aromatic rings. The van der Waals surface area contributed by atoms with Crippen LogP contribution in [0.3, 0.4) is 0 Å². The molecule has 96 valence electrons. The molecule has 1 aliphatic heterocycles. The Morgan fingerprint density at radius 3 is 3.26 bits per heavy atom. The topological polar surface area (TPSA) is 71.4 Å². The van der Waals surface area contributed by atoms with Crippen LogP contribution in [0.25, 0.3) is 11.0 Å². The molecule has 0 aliphatic carbocycles. The number of pyridine rings is 1. The van der Waals surface area contributed by atoms with Crippen molar-refractivity contribution in [2.24, 2.45) is 0 Å². The highest BCUT2D eigenvalue weighted by atomic mass is 15.3. The normalized spacial score (nSPS) is 13.9. The molecule has 2 N–H and O–H groups in total. The molecule has 0 atom stereocenters. The van der Waals surface area contributed by atoms with Crippen LogP contribution < -0.4 is 5.32 Å². The lowest BCUT2D eigenvalue weighted by Crippen LogP contribution is -2.08. The van der Waals surface area contributed by atoms with Gasteiger partial charge in [0.1, 0.15) is 17.3 Å². The first kappa shape index (κ1) is 10.5. The fraction of sp³-hybridized carbons (Fsp3) is 0.308. The van der Waals surface area contributed by atoms with Gasteiger partial charge in [-0.2, -0.15) is 0 Å². The summed E-state index contributed by atoms with van der Waals surface area (Å²) in [6.07, 6.45) is 4.11. The lowest BCUT2D eigenvalue weighted by atomic mass is 10.3. The maximum absolute atomic E-state index is 4.50. The van der Waals surface area contributed by atoms with Crippen LogP contribution in [0, 0.1) is 0 Å². The molecule has 0 saturated carbocycles. The molecule has 4 heterocycles. The third-order valence-electron chi connectivity index (χ3n) is 3.52. The second-order valence-corrected chi connectivity index (χ2v) is 4.75. The predicted octanol–water partition coefficient (Wildman–Crippen LogP) is 1.71. The summed E-state index contributed by atoms with van der Waals surface area (Å²) < 4.78 is 2.19. The van der Waals surface area contributed by atoms with Gasteiger partial charge in [0.2, 0.25) is 0 Å². The molecule has 0 fully saturated rings. The number of H-pyrrole nitrogens is 1. The zero-order valence-electron chi connectivity index (χ0n) is 10.4. The fourth-order valence-corrected chi connectivity index (χ4v) is 2.54. The minimum absolute atomic E-state index is 0.659. The average molecular weight is 254 g/mol. The lowest BCUT2D eigenvalue weighted by Gasteiger charge is -2.06. The van der Waals surface area contributed by atoms with Crippen molar-refractivity contribution in [3.63, 3.8) is 0 Å². The Bertz CT molecular complexity index is 726. The molecule has 0 bridgehead atoms. The minimum Gasteiger partial charge on any atom is -0.363 e. The Labute approximate surface area is 109 Å². The lowest BCUT2D eigenvalue weighted by molar-refractivity contribution is 0.695. The number of hydrogen-bond acceptors (Lipinski definition) is 4. The minimum atomic E-state index is 0.659. The Hall–Kier alpha value is -2.37. The van der Waals surface area contributed by atoms with Crippen molar-refractivity contribution < 1.29 is 0 Å². The highest BCUT2D eigenvalue weighted by molar-refractivity contribution is 5.77. The van der Waals surface area contributed by atoms with Gasteiger partial charge >= 0.3 is 0 Å². The standard InChI is InChI=1S/C13H14N6/c1-2-11-17-18-12(19(11)7-1)8-15-10-4-3-9-5-6-14-13(9)16-10/h3-6H,1-2,7-8H2,(H2,14,15,16). The van der Waals surface area contributed by atoms with Crippen LogP contribution in [0.5, 0.6) is 0 Å². The number of aromatic nitrogens is 5. The number of aromatic amines is 1. The van der Waals surface area contributed by atoms with Crippen molar-refractivity contribution in [2.75, 3.05) is 5.32 Å². The summed E-state index contributed by atoms with van der Waals surface area (Å²) in [7, 11) is 0. The third kappa shape index (κ3) is 1.76. The van der Waals surface area contributed by atoms with Crippen LogP contribution >= 0.6 is 0 Å². The van der Waals surface area contributed by atoms with Crippen LogP contribution in [-0.4, -0.2) is 24.7 Å². The third-order valence-corrected chi connectivity index (χ3v) is 3.52. The van der Waals surface area contributed by atoms with Crippen molar-refractivity contribution in [1.82, 2.24) is 24.7 Å². The number of fused-ring (bicyclic) bond motifs is 2. The molecule has 4 rings (SSSR count). The Balaban J connectivity index is 1.54. The second-order valence-electron chi connectivity index (χ2n) is 4.75. The zero-order chi connectivity index (χ0) is 12.7. The molecule has 0 radical (unpaired) electrons. The highest BCUT2D eigenvalue weighted by Crippen LogP contribution is 2.16. The Morgan fingerprint density at radius 1 is 1.26 bits per heavy atom. The van der Waals surface area contributed by atoms with E-state index in [1.165, 1.54) is 6.42 Å². The van der Waals surface area contributed by atoms with Crippen molar-refractivity contribution in [2.45, 2.75) is 25.9 Å². The number of anilines is 1. The molecule has 0 aromatic carbocycles. The summed E-state index contributed by atoms with van der Waals surface area (Å²) in [5.41, 5.74) is 0.900. The number of hydrogen-bond donors (Lipinski definition) is 2. The van der Waals surface area contributed by atoms with Crippen LogP contribution in [0.15, 0.2) is 24.4 Å². The highest BCUT2D eigenvalue weighted by Gasteiger charge is 2.16. The van der Waals surface area contributed by atoms with Crippen molar-refractivity contribution >= 4 is 16.9 Å². The van der Waals surface area contributed by atoms with E-state index >= 15 is 0 Å². The van der Waals surface area contributed by atoms with E-state index in [0.29, 0.717) is 6.54 Å². The molecule has 19 heavy (non-hydrogen) atoms. The van der Waals surface area contributed by atoms with Gasteiger partial charge in [0, 0.05) is 24.5 Å². The van der Waals surface area contributed by atoms with E-state index in [4.69, 9.17) is 0 Å². The SMILES string of the molecule is c1cc2ccc(NCc3nnc4n3CCC4)nc2[nH]1. The van der Waals surface area contributed by atoms with Gasteiger partial charge < -0.3 is 14.9 Å². The zero-order valence-corrected chi connectivity index (χ0v) is 10.4. The first-order valence-corrected chi connectivity index (χ1v) is 6.49. The Kier molecular flexibility index (Phi) is 2.26. The molecule has 3 aromatic heterocycles. The molecular weight excluding hydrogens is 240 g/mol. The Morgan fingerprint density at radius 2 is 2.26 bits per heavy atom. The van der Waals surface area contributed by atoms with Gasteiger partial charge in [-0.05, 0) is 24.6 Å². The second kappa shape index (κ2) is 4.08. The van der Waals surface area contributed by atoms with Crippen LogP contribution in [-0.2, 0) is 19.5 Å². The summed E-state index contributed by atoms with van der Waals surface area (Å²) >= 11 is 0. The van der Waals surface area contributed by atoms with Crippen LogP contribution in [0.2, 0.25) is 0 Å². The first-order chi connectivity index (χ1) is 9.40. The average Bonchev–Trinajstić information content (AvgIpc) is 3.12. The van der Waals surface area contributed by atoms with Gasteiger partial charge in [-0.15, -0.1) is 10.2 Å². The largest absolute Gasteiger partial charge is 0.363 e. The summed E-state index contributed by atoms with van der Waals surface area (Å²) in [4.78, 5) is 7.61. The van der Waals surface area contributed by atoms with Crippen molar-refractivity contribution in [3.8, 4) is 0 Å². The van der Waals surface area contributed by atoms with Gasteiger partial charge in [0.25, 0.3) is 0 Å². The summed E-state index contributed by atoms with van der Waals surface area (Å²) in [5, 5.41) is 12.8. The smallest absolute Gasteiger partial charge is 0.152 e. The summed E-state index contributed by atoms with van der Waals surface area (Å²) in [6.45, 7) is 1.69. The van der Waals surface area contributed by atoms with Crippen LogP contribution in [0.1, 0.15) is 18.1 Å². The van der Waals surface area contributed by atoms with Gasteiger partial charge in [-0.25, -0.2) is 4.98 Å². The molecule has 6 heteroatoms. The van der Waals surface area contributed by atoms with Gasteiger partial charge in [-0.1, -0.05) is 0 Å². The quantitative estimate of drug-likeness (QED) is 0.746. The fourth-order valence-electron chi connectivity index (χ4n) is 2.54. The molecule has 0 unspecified atom stereocenters. The van der Waals surface area contributed by atoms with Crippen molar-refractivity contribution in [3.05, 3.63) is 36.0 Å². The number of nitrogens with one attached hydrogen (secondary N) is 2. The van der Waals surface area contributed by atoms with Gasteiger partial charge in [0.05, 0.1) is 6.54 Å². The molecule has 0 amide bonds. The van der Waals surface area contributed by atoms with E-state index in [1.54, 1.807) is 0 Å².